The SMILES string of the molecule is CN=C(NCCCc1ccc(O)cc1)N(C)Cc1ccc(OC(F)F)cc1.I. The quantitative estimate of drug-likeness (QED) is 0.244. The molecule has 5 nitrogen and oxygen atoms in total. The van der Waals surface area contributed by atoms with Crippen LogP contribution < -0.4 is 10.1 Å². The summed E-state index contributed by atoms with van der Waals surface area (Å²) in [4.78, 5) is 6.23. The van der Waals surface area contributed by atoms with Gasteiger partial charge >= 0.3 is 6.61 Å². The minimum atomic E-state index is -2.82. The molecule has 0 fully saturated rings. The second kappa shape index (κ2) is 12.4. The van der Waals surface area contributed by atoms with E-state index in [2.05, 4.69) is 15.0 Å². The van der Waals surface area contributed by atoms with E-state index in [1.54, 1.807) is 31.3 Å². The molecule has 28 heavy (non-hydrogen) atoms. The van der Waals surface area contributed by atoms with E-state index in [0.29, 0.717) is 6.54 Å². The largest absolute Gasteiger partial charge is 0.508 e. The van der Waals surface area contributed by atoms with Gasteiger partial charge in [-0.05, 0) is 48.2 Å². The van der Waals surface area contributed by atoms with Gasteiger partial charge in [0, 0.05) is 27.2 Å². The van der Waals surface area contributed by atoms with Gasteiger partial charge in [0.05, 0.1) is 0 Å². The van der Waals surface area contributed by atoms with Crippen LogP contribution in [0.2, 0.25) is 0 Å². The first-order chi connectivity index (χ1) is 13.0. The molecule has 0 amide bonds. The molecular weight excluding hydrogens is 479 g/mol. The van der Waals surface area contributed by atoms with Crippen molar-refractivity contribution in [3.63, 3.8) is 0 Å². The maximum Gasteiger partial charge on any atom is 0.387 e. The summed E-state index contributed by atoms with van der Waals surface area (Å²) in [6.45, 7) is -1.46. The van der Waals surface area contributed by atoms with Gasteiger partial charge in [0.25, 0.3) is 0 Å². The number of alkyl halides is 2. The molecule has 0 aliphatic heterocycles. The van der Waals surface area contributed by atoms with E-state index in [0.717, 1.165) is 30.9 Å². The second-order valence-electron chi connectivity index (χ2n) is 6.12. The summed E-state index contributed by atoms with van der Waals surface area (Å²) in [6.07, 6.45) is 1.83. The Morgan fingerprint density at radius 2 is 1.71 bits per heavy atom. The number of phenols is 1. The number of rotatable bonds is 8. The van der Waals surface area contributed by atoms with Crippen molar-refractivity contribution in [3.8, 4) is 11.5 Å². The predicted molar refractivity (Wildman–Crippen MR) is 118 cm³/mol. The number of benzene rings is 2. The number of aliphatic imine (C=N–C) groups is 1. The van der Waals surface area contributed by atoms with Crippen LogP contribution in [-0.2, 0) is 13.0 Å². The highest BCUT2D eigenvalue weighted by atomic mass is 127. The molecule has 2 aromatic carbocycles. The van der Waals surface area contributed by atoms with E-state index in [9.17, 15) is 13.9 Å². The number of nitrogens with zero attached hydrogens (tertiary/aromatic N) is 2. The third-order valence-corrected chi connectivity index (χ3v) is 4.00. The van der Waals surface area contributed by atoms with Gasteiger partial charge in [0.1, 0.15) is 11.5 Å². The first kappa shape index (κ1) is 23.9. The maximum absolute atomic E-state index is 12.2. The lowest BCUT2D eigenvalue weighted by Gasteiger charge is -2.22. The van der Waals surface area contributed by atoms with E-state index < -0.39 is 6.61 Å². The van der Waals surface area contributed by atoms with Crippen LogP contribution in [0.5, 0.6) is 11.5 Å². The molecular formula is C20H26F2IN3O2. The third-order valence-electron chi connectivity index (χ3n) is 4.00. The van der Waals surface area contributed by atoms with Crippen LogP contribution in [-0.4, -0.2) is 43.2 Å². The summed E-state index contributed by atoms with van der Waals surface area (Å²) < 4.78 is 28.7. The van der Waals surface area contributed by atoms with Crippen LogP contribution in [0, 0.1) is 0 Å². The summed E-state index contributed by atoms with van der Waals surface area (Å²) in [5.74, 6) is 1.18. The zero-order valence-electron chi connectivity index (χ0n) is 15.9. The van der Waals surface area contributed by atoms with E-state index >= 15 is 0 Å². The highest BCUT2D eigenvalue weighted by Gasteiger charge is 2.08. The van der Waals surface area contributed by atoms with Crippen LogP contribution in [0.1, 0.15) is 17.5 Å². The molecule has 0 aliphatic carbocycles. The first-order valence-corrected chi connectivity index (χ1v) is 8.71. The second-order valence-corrected chi connectivity index (χ2v) is 6.12. The van der Waals surface area contributed by atoms with Gasteiger partial charge in [0.15, 0.2) is 5.96 Å². The summed E-state index contributed by atoms with van der Waals surface area (Å²) in [7, 11) is 3.64. The average Bonchev–Trinajstić information content (AvgIpc) is 2.64. The highest BCUT2D eigenvalue weighted by Crippen LogP contribution is 2.16. The summed E-state index contributed by atoms with van der Waals surface area (Å²) in [6, 6.07) is 13.8. The smallest absolute Gasteiger partial charge is 0.387 e. The Bertz CT molecular complexity index is 725. The fraction of sp³-hybridized carbons (Fsp3) is 0.350. The minimum absolute atomic E-state index is 0. The number of hydrogen-bond acceptors (Lipinski definition) is 3. The van der Waals surface area contributed by atoms with Crippen molar-refractivity contribution in [2.24, 2.45) is 4.99 Å². The number of ether oxygens (including phenoxy) is 1. The number of phenolic OH excluding ortho intramolecular Hbond substituents is 1. The Morgan fingerprint density at radius 1 is 1.11 bits per heavy atom. The van der Waals surface area contributed by atoms with Gasteiger partial charge in [0.2, 0.25) is 0 Å². The molecule has 8 heteroatoms. The van der Waals surface area contributed by atoms with Crippen molar-refractivity contribution < 1.29 is 18.6 Å². The van der Waals surface area contributed by atoms with Gasteiger partial charge in [-0.3, -0.25) is 4.99 Å². The van der Waals surface area contributed by atoms with Crippen molar-refractivity contribution in [2.45, 2.75) is 26.0 Å². The Labute approximate surface area is 181 Å². The fourth-order valence-corrected chi connectivity index (χ4v) is 2.67. The summed E-state index contributed by atoms with van der Waals surface area (Å²) in [5, 5.41) is 12.6. The number of aromatic hydroxyl groups is 1. The van der Waals surface area contributed by atoms with Crippen LogP contribution in [0.4, 0.5) is 8.78 Å². The van der Waals surface area contributed by atoms with Gasteiger partial charge in [-0.25, -0.2) is 0 Å². The zero-order chi connectivity index (χ0) is 19.6. The molecule has 0 bridgehead atoms. The van der Waals surface area contributed by atoms with E-state index in [-0.39, 0.29) is 35.5 Å². The molecule has 2 aromatic rings. The summed E-state index contributed by atoms with van der Waals surface area (Å²) in [5.41, 5.74) is 2.13. The Hall–Kier alpha value is -2.10. The molecule has 0 aliphatic rings. The van der Waals surface area contributed by atoms with E-state index in [1.165, 1.54) is 17.7 Å². The molecule has 0 radical (unpaired) electrons. The third kappa shape index (κ3) is 8.28. The van der Waals surface area contributed by atoms with Crippen LogP contribution >= 0.6 is 24.0 Å². The molecule has 154 valence electrons. The number of nitrogens with one attached hydrogen (secondary N) is 1. The molecule has 0 heterocycles. The highest BCUT2D eigenvalue weighted by molar-refractivity contribution is 14.0. The van der Waals surface area contributed by atoms with Crippen molar-refractivity contribution in [1.29, 1.82) is 0 Å². The fourth-order valence-electron chi connectivity index (χ4n) is 2.67. The lowest BCUT2D eigenvalue weighted by Crippen LogP contribution is -2.39. The molecule has 0 spiro atoms. The van der Waals surface area contributed by atoms with E-state index in [1.807, 2.05) is 24.1 Å². The van der Waals surface area contributed by atoms with Crippen molar-refractivity contribution in [1.82, 2.24) is 10.2 Å². The Balaban J connectivity index is 0.00000392. The average molecular weight is 505 g/mol. The number of halogens is 3. The molecule has 2 rings (SSSR count). The van der Waals surface area contributed by atoms with Gasteiger partial charge in [-0.2, -0.15) is 8.78 Å². The van der Waals surface area contributed by atoms with Gasteiger partial charge in [-0.1, -0.05) is 24.3 Å². The standard InChI is InChI=1S/C20H25F2N3O2.HI/c1-23-20(24-13-3-4-15-5-9-17(26)10-6-15)25(2)14-16-7-11-18(12-8-16)27-19(21)22;/h5-12,19,26H,3-4,13-14H2,1-2H3,(H,23,24);1H. The molecule has 0 atom stereocenters. The first-order valence-electron chi connectivity index (χ1n) is 8.71. The normalized spacial score (nSPS) is 11.1. The van der Waals surface area contributed by atoms with Crippen LogP contribution in [0.25, 0.3) is 0 Å². The molecule has 0 saturated heterocycles. The van der Waals surface area contributed by atoms with Gasteiger partial charge in [-0.15, -0.1) is 24.0 Å². The predicted octanol–water partition coefficient (Wildman–Crippen LogP) is 4.25. The Kier molecular flexibility index (Phi) is 10.6. The number of aryl methyl sites for hydroxylation is 1. The number of hydrogen-bond donors (Lipinski definition) is 2. The van der Waals surface area contributed by atoms with Crippen LogP contribution in [0.3, 0.4) is 0 Å². The molecule has 0 saturated carbocycles. The van der Waals surface area contributed by atoms with Gasteiger partial charge < -0.3 is 20.1 Å². The lowest BCUT2D eigenvalue weighted by atomic mass is 10.1. The topological polar surface area (TPSA) is 57.1 Å². The monoisotopic (exact) mass is 505 g/mol. The summed E-state index contributed by atoms with van der Waals surface area (Å²) >= 11 is 0. The molecule has 0 aromatic heterocycles. The van der Waals surface area contributed by atoms with Crippen molar-refractivity contribution in [2.75, 3.05) is 20.6 Å². The van der Waals surface area contributed by atoms with Crippen molar-refractivity contribution >= 4 is 29.9 Å². The van der Waals surface area contributed by atoms with Crippen molar-refractivity contribution in [3.05, 3.63) is 59.7 Å². The minimum Gasteiger partial charge on any atom is -0.508 e. The van der Waals surface area contributed by atoms with E-state index in [4.69, 9.17) is 0 Å². The maximum atomic E-state index is 12.2. The Morgan fingerprint density at radius 3 is 2.29 bits per heavy atom. The van der Waals surface area contributed by atoms with Crippen LogP contribution in [0.15, 0.2) is 53.5 Å². The lowest BCUT2D eigenvalue weighted by molar-refractivity contribution is -0.0498. The molecule has 0 unspecified atom stereocenters. The number of guanidine groups is 1. The zero-order valence-corrected chi connectivity index (χ0v) is 18.3. The molecule has 2 N–H and O–H groups in total.